The number of ketones is 1. The summed E-state index contributed by atoms with van der Waals surface area (Å²) in [5, 5.41) is 25.3. The Morgan fingerprint density at radius 1 is 0.935 bits per heavy atom. The third-order valence-corrected chi connectivity index (χ3v) is 7.40. The molecule has 3 aromatic carbocycles. The lowest BCUT2D eigenvalue weighted by molar-refractivity contribution is -0.127. The third-order valence-electron chi connectivity index (χ3n) is 7.40. The molecule has 31 heavy (non-hydrogen) atoms. The predicted molar refractivity (Wildman–Crippen MR) is 113 cm³/mol. The number of anilines is 1. The maximum Gasteiger partial charge on any atom is 0.251 e. The first kappa shape index (κ1) is 17.8. The molecular formula is C25H16N4O2. The van der Waals surface area contributed by atoms with Crippen LogP contribution in [-0.4, -0.2) is 30.2 Å². The van der Waals surface area contributed by atoms with Gasteiger partial charge in [0.25, 0.3) is 5.91 Å². The summed E-state index contributed by atoms with van der Waals surface area (Å²) < 4.78 is 0. The van der Waals surface area contributed by atoms with E-state index in [9.17, 15) is 20.1 Å². The van der Waals surface area contributed by atoms with E-state index in [2.05, 4.69) is 17.5 Å². The number of carbonyl (C=O) groups is 2. The number of likely N-dealkylation sites (N-methyl/N-ethyl adjacent to an activating group) is 1. The SMILES string of the molecule is CN1CC(C#N)(C#N)[C@]2(C(=O)c3cccc4cccc2c34)[C@@]12C(=O)Nc1ccccc12. The van der Waals surface area contributed by atoms with Crippen LogP contribution in [0.25, 0.3) is 10.8 Å². The fourth-order valence-electron chi connectivity index (χ4n) is 6.40. The normalized spacial score (nSPS) is 27.5. The van der Waals surface area contributed by atoms with Crippen LogP contribution in [0.2, 0.25) is 0 Å². The number of fused-ring (bicyclic) bond motifs is 4. The number of amides is 1. The minimum atomic E-state index is -1.75. The summed E-state index contributed by atoms with van der Waals surface area (Å²) in [6.07, 6.45) is 0. The van der Waals surface area contributed by atoms with Crippen molar-refractivity contribution >= 4 is 28.2 Å². The number of rotatable bonds is 0. The summed E-state index contributed by atoms with van der Waals surface area (Å²) in [6.45, 7) is -0.0299. The molecule has 0 saturated carbocycles. The molecule has 0 radical (unpaired) electrons. The number of likely N-dealkylation sites (tertiary alicyclic amines) is 1. The topological polar surface area (TPSA) is 97.0 Å². The first-order chi connectivity index (χ1) is 15.0. The molecule has 6 heteroatoms. The van der Waals surface area contributed by atoms with E-state index in [0.29, 0.717) is 22.4 Å². The third kappa shape index (κ3) is 1.56. The molecular weight excluding hydrogens is 388 g/mol. The Hall–Kier alpha value is -4.00. The number of carbonyl (C=O) groups excluding carboxylic acids is 2. The molecule has 6 rings (SSSR count). The Kier molecular flexibility index (Phi) is 3.09. The van der Waals surface area contributed by atoms with Gasteiger partial charge in [0, 0.05) is 23.4 Å². The molecule has 0 unspecified atom stereocenters. The molecule has 3 aromatic rings. The molecule has 2 heterocycles. The number of nitriles is 2. The Bertz CT molecular complexity index is 1430. The van der Waals surface area contributed by atoms with Crippen molar-refractivity contribution in [2.75, 3.05) is 18.9 Å². The highest BCUT2D eigenvalue weighted by Gasteiger charge is 2.82. The van der Waals surface area contributed by atoms with E-state index in [-0.39, 0.29) is 18.2 Å². The number of hydrogen-bond donors (Lipinski definition) is 1. The van der Waals surface area contributed by atoms with Gasteiger partial charge in [-0.05, 0) is 29.4 Å². The van der Waals surface area contributed by atoms with E-state index in [4.69, 9.17) is 0 Å². The average Bonchev–Trinajstić information content (AvgIpc) is 3.33. The highest BCUT2D eigenvalue weighted by molar-refractivity contribution is 6.26. The second-order valence-corrected chi connectivity index (χ2v) is 8.48. The van der Waals surface area contributed by atoms with Gasteiger partial charge in [0.1, 0.15) is 11.0 Å². The van der Waals surface area contributed by atoms with Gasteiger partial charge in [0.2, 0.25) is 0 Å². The Balaban J connectivity index is 1.88. The molecule has 6 nitrogen and oxygen atoms in total. The molecule has 1 N–H and O–H groups in total. The first-order valence-electron chi connectivity index (χ1n) is 10.0. The van der Waals surface area contributed by atoms with Gasteiger partial charge in [-0.3, -0.25) is 14.5 Å². The van der Waals surface area contributed by atoms with Gasteiger partial charge in [-0.25, -0.2) is 0 Å². The van der Waals surface area contributed by atoms with E-state index in [0.717, 1.165) is 10.8 Å². The lowest BCUT2D eigenvalue weighted by atomic mass is 9.53. The van der Waals surface area contributed by atoms with Crippen molar-refractivity contribution < 1.29 is 9.59 Å². The standard InChI is InChI=1S/C25H16N4O2/c1-29-14-23(12-26,13-27)24(25(29)17-9-2-3-11-19(17)28-22(25)31)18-10-5-7-15-6-4-8-16(20(15)18)21(24)30/h2-11H,14H2,1H3,(H,28,31)/t24-,25+/m0/s1. The van der Waals surface area contributed by atoms with Gasteiger partial charge < -0.3 is 5.32 Å². The van der Waals surface area contributed by atoms with Gasteiger partial charge in [-0.1, -0.05) is 54.6 Å². The zero-order valence-corrected chi connectivity index (χ0v) is 16.6. The van der Waals surface area contributed by atoms with Crippen molar-refractivity contribution in [1.82, 2.24) is 4.90 Å². The van der Waals surface area contributed by atoms with Crippen LogP contribution in [0.15, 0.2) is 60.7 Å². The van der Waals surface area contributed by atoms with Crippen LogP contribution in [0.3, 0.4) is 0 Å². The number of Topliss-reactive ketones (excluding diaryl/α,β-unsaturated/α-hetero) is 1. The van der Waals surface area contributed by atoms with E-state index in [1.165, 1.54) is 0 Å². The maximum atomic E-state index is 14.4. The van der Waals surface area contributed by atoms with Crippen molar-refractivity contribution in [2.45, 2.75) is 11.0 Å². The molecule has 0 aromatic heterocycles. The monoisotopic (exact) mass is 404 g/mol. The quantitative estimate of drug-likeness (QED) is 0.621. The van der Waals surface area contributed by atoms with Gasteiger partial charge in [0.15, 0.2) is 11.2 Å². The minimum absolute atomic E-state index is 0.0299. The molecule has 1 saturated heterocycles. The largest absolute Gasteiger partial charge is 0.324 e. The minimum Gasteiger partial charge on any atom is -0.324 e. The number of nitrogens with zero attached hydrogens (tertiary/aromatic N) is 3. The Morgan fingerprint density at radius 3 is 2.35 bits per heavy atom. The zero-order valence-electron chi connectivity index (χ0n) is 16.6. The van der Waals surface area contributed by atoms with Crippen molar-refractivity contribution in [1.29, 1.82) is 10.5 Å². The Labute approximate surface area is 178 Å². The number of hydrogen-bond acceptors (Lipinski definition) is 5. The fraction of sp³-hybridized carbons (Fsp3) is 0.200. The van der Waals surface area contributed by atoms with Crippen LogP contribution < -0.4 is 5.32 Å². The highest BCUT2D eigenvalue weighted by Crippen LogP contribution is 2.68. The smallest absolute Gasteiger partial charge is 0.251 e. The molecule has 3 aliphatic rings. The summed E-state index contributed by atoms with van der Waals surface area (Å²) >= 11 is 0. The van der Waals surface area contributed by atoms with E-state index in [1.807, 2.05) is 36.4 Å². The molecule has 0 bridgehead atoms. The lowest BCUT2D eigenvalue weighted by Crippen LogP contribution is -2.62. The molecule has 1 aliphatic carbocycles. The van der Waals surface area contributed by atoms with E-state index >= 15 is 0 Å². The van der Waals surface area contributed by atoms with Crippen LogP contribution in [0.1, 0.15) is 21.5 Å². The zero-order chi connectivity index (χ0) is 21.6. The average molecular weight is 404 g/mol. The fourth-order valence-corrected chi connectivity index (χ4v) is 6.40. The summed E-state index contributed by atoms with van der Waals surface area (Å²) in [6, 6.07) is 22.6. The maximum absolute atomic E-state index is 14.4. The van der Waals surface area contributed by atoms with Gasteiger partial charge >= 0.3 is 0 Å². The van der Waals surface area contributed by atoms with Gasteiger partial charge in [0.05, 0.1) is 12.1 Å². The van der Waals surface area contributed by atoms with Crippen molar-refractivity contribution in [2.24, 2.45) is 5.41 Å². The summed E-state index contributed by atoms with van der Waals surface area (Å²) in [7, 11) is 1.72. The van der Waals surface area contributed by atoms with Crippen LogP contribution >= 0.6 is 0 Å². The van der Waals surface area contributed by atoms with E-state index < -0.39 is 16.4 Å². The van der Waals surface area contributed by atoms with Crippen molar-refractivity contribution in [3.8, 4) is 12.1 Å². The second-order valence-electron chi connectivity index (χ2n) is 8.48. The number of nitrogens with one attached hydrogen (secondary N) is 1. The number of benzene rings is 3. The van der Waals surface area contributed by atoms with Crippen LogP contribution in [-0.2, 0) is 15.7 Å². The molecule has 2 atom stereocenters. The van der Waals surface area contributed by atoms with Gasteiger partial charge in [-0.2, -0.15) is 10.5 Å². The van der Waals surface area contributed by atoms with Crippen LogP contribution in [0.5, 0.6) is 0 Å². The lowest BCUT2D eigenvalue weighted by Gasteiger charge is -2.44. The molecule has 148 valence electrons. The van der Waals surface area contributed by atoms with E-state index in [1.54, 1.807) is 36.2 Å². The van der Waals surface area contributed by atoms with Crippen LogP contribution in [0, 0.1) is 28.1 Å². The molecule has 2 aliphatic heterocycles. The summed E-state index contributed by atoms with van der Waals surface area (Å²) in [5.41, 5.74) is -2.72. The van der Waals surface area contributed by atoms with Crippen molar-refractivity contribution in [3.63, 3.8) is 0 Å². The van der Waals surface area contributed by atoms with Gasteiger partial charge in [-0.15, -0.1) is 0 Å². The molecule has 1 amide bonds. The second kappa shape index (κ2) is 5.37. The Morgan fingerprint density at radius 2 is 1.61 bits per heavy atom. The highest BCUT2D eigenvalue weighted by atomic mass is 16.2. The first-order valence-corrected chi connectivity index (χ1v) is 10.0. The predicted octanol–water partition coefficient (Wildman–Crippen LogP) is 3.10. The summed E-state index contributed by atoms with van der Waals surface area (Å²) in [4.78, 5) is 30.0. The van der Waals surface area contributed by atoms with Crippen molar-refractivity contribution in [3.05, 3.63) is 77.4 Å². The number of para-hydroxylation sites is 1. The van der Waals surface area contributed by atoms with Crippen LogP contribution in [0.4, 0.5) is 5.69 Å². The molecule has 1 fully saturated rings. The summed E-state index contributed by atoms with van der Waals surface area (Å²) in [5.74, 6) is -0.736. The molecule has 2 spiro atoms.